The van der Waals surface area contributed by atoms with Crippen LogP contribution in [0.25, 0.3) is 0 Å². The van der Waals surface area contributed by atoms with Crippen LogP contribution in [0, 0.1) is 0 Å². The summed E-state index contributed by atoms with van der Waals surface area (Å²) in [5.74, 6) is 1.15. The van der Waals surface area contributed by atoms with E-state index in [1.165, 1.54) is 44.1 Å². The van der Waals surface area contributed by atoms with E-state index in [0.29, 0.717) is 6.04 Å². The van der Waals surface area contributed by atoms with Gasteiger partial charge in [-0.25, -0.2) is 5.01 Å². The van der Waals surface area contributed by atoms with E-state index in [9.17, 15) is 0 Å². The van der Waals surface area contributed by atoms with E-state index in [-0.39, 0.29) is 6.17 Å². The number of hydrogen-bond acceptors (Lipinski definition) is 5. The van der Waals surface area contributed by atoms with Crippen molar-refractivity contribution in [2.45, 2.75) is 71.5 Å². The summed E-state index contributed by atoms with van der Waals surface area (Å²) in [5.41, 5.74) is 1.22. The minimum atomic E-state index is 0.0561. The van der Waals surface area contributed by atoms with Crippen molar-refractivity contribution in [2.24, 2.45) is 10.1 Å². The van der Waals surface area contributed by atoms with Gasteiger partial charge in [0.1, 0.15) is 12.0 Å². The van der Waals surface area contributed by atoms with E-state index in [4.69, 9.17) is 4.99 Å². The maximum absolute atomic E-state index is 4.74. The highest BCUT2D eigenvalue weighted by atomic mass is 32.2. The molecule has 1 fully saturated rings. The standard InChI is InChI=1S/C16H28N4S/c1-5-17-20-13(3)18-16(21-4)12(2)15(20)19-14-10-8-6-7-9-11-14/h5,13-14,19H,6-11H2,1-4H3/b17-5-. The van der Waals surface area contributed by atoms with Crippen LogP contribution < -0.4 is 5.32 Å². The maximum Gasteiger partial charge on any atom is 0.142 e. The number of nitrogens with zero attached hydrogens (tertiary/aromatic N) is 3. The molecular weight excluding hydrogens is 280 g/mol. The molecule has 1 aliphatic heterocycles. The summed E-state index contributed by atoms with van der Waals surface area (Å²) in [5, 5.41) is 11.5. The van der Waals surface area contributed by atoms with E-state index in [1.54, 1.807) is 11.8 Å². The zero-order chi connectivity index (χ0) is 15.2. The predicted molar refractivity (Wildman–Crippen MR) is 93.7 cm³/mol. The summed E-state index contributed by atoms with van der Waals surface area (Å²) in [6.07, 6.45) is 11.9. The highest BCUT2D eigenvalue weighted by Crippen LogP contribution is 2.27. The molecule has 118 valence electrons. The van der Waals surface area contributed by atoms with Crippen molar-refractivity contribution < 1.29 is 0 Å². The summed E-state index contributed by atoms with van der Waals surface area (Å²) in [6.45, 7) is 6.21. The number of hydrazone groups is 1. The molecule has 0 radical (unpaired) electrons. The smallest absolute Gasteiger partial charge is 0.142 e. The second-order valence-corrected chi connectivity index (χ2v) is 6.59. The molecule has 0 aromatic rings. The molecule has 1 saturated carbocycles. The molecule has 5 heteroatoms. The van der Waals surface area contributed by atoms with Crippen LogP contribution in [0.2, 0.25) is 0 Å². The first-order chi connectivity index (χ1) is 10.2. The lowest BCUT2D eigenvalue weighted by Crippen LogP contribution is -2.42. The predicted octanol–water partition coefficient (Wildman–Crippen LogP) is 3.96. The van der Waals surface area contributed by atoms with Gasteiger partial charge in [-0.2, -0.15) is 5.10 Å². The van der Waals surface area contributed by atoms with Gasteiger partial charge in [0.15, 0.2) is 0 Å². The minimum absolute atomic E-state index is 0.0561. The fourth-order valence-corrected chi connectivity index (χ4v) is 3.72. The van der Waals surface area contributed by atoms with Crippen molar-refractivity contribution in [1.29, 1.82) is 0 Å². The molecule has 1 heterocycles. The summed E-state index contributed by atoms with van der Waals surface area (Å²) >= 11 is 1.72. The third-order valence-electron chi connectivity index (χ3n) is 4.19. The molecule has 4 nitrogen and oxygen atoms in total. The zero-order valence-electron chi connectivity index (χ0n) is 13.7. The highest BCUT2D eigenvalue weighted by Gasteiger charge is 2.27. The number of thioether (sulfide) groups is 1. The van der Waals surface area contributed by atoms with E-state index in [1.807, 2.05) is 18.1 Å². The first kappa shape index (κ1) is 16.4. The third kappa shape index (κ3) is 4.02. The Morgan fingerprint density at radius 2 is 1.95 bits per heavy atom. The second-order valence-electron chi connectivity index (χ2n) is 5.79. The van der Waals surface area contributed by atoms with Crippen LogP contribution in [0.4, 0.5) is 0 Å². The van der Waals surface area contributed by atoms with Crippen molar-refractivity contribution in [2.75, 3.05) is 6.26 Å². The molecule has 0 saturated heterocycles. The molecule has 1 aliphatic carbocycles. The molecule has 0 aromatic carbocycles. The molecule has 2 rings (SSSR count). The Hall–Kier alpha value is -0.970. The Bertz CT molecular complexity index is 434. The van der Waals surface area contributed by atoms with Gasteiger partial charge in [0.05, 0.1) is 5.04 Å². The van der Waals surface area contributed by atoms with Crippen LogP contribution in [0.1, 0.15) is 59.3 Å². The molecule has 1 atom stereocenters. The van der Waals surface area contributed by atoms with Gasteiger partial charge in [-0.15, -0.1) is 11.8 Å². The lowest BCUT2D eigenvalue weighted by Gasteiger charge is -2.34. The van der Waals surface area contributed by atoms with Gasteiger partial charge >= 0.3 is 0 Å². The van der Waals surface area contributed by atoms with Crippen LogP contribution >= 0.6 is 11.8 Å². The topological polar surface area (TPSA) is 40.0 Å². The SMILES string of the molecule is C/C=N\N1C(NC2CCCCCC2)=C(C)C(SC)=NC1C. The molecule has 0 bridgehead atoms. The monoisotopic (exact) mass is 308 g/mol. The number of rotatable bonds is 3. The lowest BCUT2D eigenvalue weighted by atomic mass is 10.1. The molecule has 1 N–H and O–H groups in total. The summed E-state index contributed by atoms with van der Waals surface area (Å²) in [6, 6.07) is 0.570. The van der Waals surface area contributed by atoms with Gasteiger partial charge in [-0.3, -0.25) is 4.99 Å². The number of aliphatic imine (C=N–C) groups is 1. The lowest BCUT2D eigenvalue weighted by molar-refractivity contribution is 0.250. The number of nitrogens with one attached hydrogen (secondary N) is 1. The van der Waals surface area contributed by atoms with E-state index < -0.39 is 0 Å². The fourth-order valence-electron chi connectivity index (χ4n) is 3.06. The van der Waals surface area contributed by atoms with Crippen molar-refractivity contribution >= 4 is 23.0 Å². The van der Waals surface area contributed by atoms with Gasteiger partial charge in [0.2, 0.25) is 0 Å². The Kier molecular flexibility index (Phi) is 6.15. The summed E-state index contributed by atoms with van der Waals surface area (Å²) < 4.78 is 0. The van der Waals surface area contributed by atoms with E-state index in [2.05, 4.69) is 30.5 Å². The summed E-state index contributed by atoms with van der Waals surface area (Å²) in [7, 11) is 0. The molecule has 1 unspecified atom stereocenters. The fraction of sp³-hybridized carbons (Fsp3) is 0.750. The van der Waals surface area contributed by atoms with E-state index >= 15 is 0 Å². The molecule has 0 aromatic heterocycles. The van der Waals surface area contributed by atoms with Gasteiger partial charge in [-0.05, 0) is 39.9 Å². The van der Waals surface area contributed by atoms with Crippen LogP contribution in [0.15, 0.2) is 21.5 Å². The average Bonchev–Trinajstić information content (AvgIpc) is 2.75. The van der Waals surface area contributed by atoms with Crippen molar-refractivity contribution in [1.82, 2.24) is 10.3 Å². The second kappa shape index (κ2) is 7.87. The van der Waals surface area contributed by atoms with Gasteiger partial charge < -0.3 is 5.32 Å². The first-order valence-electron chi connectivity index (χ1n) is 8.04. The van der Waals surface area contributed by atoms with Crippen molar-refractivity contribution in [3.63, 3.8) is 0 Å². The largest absolute Gasteiger partial charge is 0.367 e. The molecular formula is C16H28N4S. The molecule has 0 spiro atoms. The van der Waals surface area contributed by atoms with Crippen LogP contribution in [0.5, 0.6) is 0 Å². The minimum Gasteiger partial charge on any atom is -0.367 e. The Labute approximate surface area is 133 Å². The van der Waals surface area contributed by atoms with E-state index in [0.717, 1.165) is 10.9 Å². The zero-order valence-corrected chi connectivity index (χ0v) is 14.5. The van der Waals surface area contributed by atoms with Crippen LogP contribution in [-0.4, -0.2) is 34.7 Å². The normalized spacial score (nSPS) is 25.2. The molecule has 2 aliphatic rings. The van der Waals surface area contributed by atoms with Crippen molar-refractivity contribution in [3.8, 4) is 0 Å². The average molecular weight is 308 g/mol. The van der Waals surface area contributed by atoms with Gasteiger partial charge in [0, 0.05) is 17.8 Å². The highest BCUT2D eigenvalue weighted by molar-refractivity contribution is 8.13. The summed E-state index contributed by atoms with van der Waals surface area (Å²) in [4.78, 5) is 4.74. The number of hydrogen-bond donors (Lipinski definition) is 1. The molecule has 0 amide bonds. The first-order valence-corrected chi connectivity index (χ1v) is 9.27. The van der Waals surface area contributed by atoms with Crippen LogP contribution in [0.3, 0.4) is 0 Å². The Morgan fingerprint density at radius 1 is 1.29 bits per heavy atom. The van der Waals surface area contributed by atoms with Gasteiger partial charge in [0.25, 0.3) is 0 Å². The van der Waals surface area contributed by atoms with Crippen LogP contribution in [-0.2, 0) is 0 Å². The molecule has 21 heavy (non-hydrogen) atoms. The third-order valence-corrected chi connectivity index (χ3v) is 4.99. The Balaban J connectivity index is 2.22. The quantitative estimate of drug-likeness (QED) is 0.633. The Morgan fingerprint density at radius 3 is 2.52 bits per heavy atom. The van der Waals surface area contributed by atoms with Crippen molar-refractivity contribution in [3.05, 3.63) is 11.4 Å². The maximum atomic E-state index is 4.74. The van der Waals surface area contributed by atoms with Gasteiger partial charge in [-0.1, -0.05) is 25.7 Å².